The van der Waals surface area contributed by atoms with Crippen molar-refractivity contribution in [2.24, 2.45) is 11.8 Å². The smallest absolute Gasteiger partial charge is 0.258 e. The Morgan fingerprint density at radius 1 is 1.11 bits per heavy atom. The number of hydrogen-bond acceptors (Lipinski definition) is 5. The first-order chi connectivity index (χ1) is 13.7. The van der Waals surface area contributed by atoms with Crippen LogP contribution in [0, 0.1) is 11.8 Å². The van der Waals surface area contributed by atoms with Gasteiger partial charge in [-0.25, -0.2) is 0 Å². The summed E-state index contributed by atoms with van der Waals surface area (Å²) in [6, 6.07) is 3.79. The zero-order chi connectivity index (χ0) is 19.0. The van der Waals surface area contributed by atoms with E-state index in [4.69, 9.17) is 9.51 Å². The van der Waals surface area contributed by atoms with Gasteiger partial charge in [-0.05, 0) is 50.2 Å². The third-order valence-electron chi connectivity index (χ3n) is 6.94. The third kappa shape index (κ3) is 3.45. The predicted molar refractivity (Wildman–Crippen MR) is 104 cm³/mol. The first-order valence-electron chi connectivity index (χ1n) is 10.8. The van der Waals surface area contributed by atoms with Gasteiger partial charge in [0.05, 0.1) is 0 Å². The Labute approximate surface area is 165 Å². The number of likely N-dealkylation sites (tertiary alicyclic amines) is 1. The van der Waals surface area contributed by atoms with Crippen molar-refractivity contribution in [2.75, 3.05) is 13.1 Å². The Hall–Kier alpha value is -2.24. The molecule has 0 aromatic carbocycles. The van der Waals surface area contributed by atoms with E-state index in [0.29, 0.717) is 11.8 Å². The maximum atomic E-state index is 12.8. The summed E-state index contributed by atoms with van der Waals surface area (Å²) in [7, 11) is 0. The first kappa shape index (κ1) is 17.8. The van der Waals surface area contributed by atoms with Gasteiger partial charge in [-0.2, -0.15) is 4.98 Å². The van der Waals surface area contributed by atoms with Crippen LogP contribution >= 0.6 is 0 Å². The number of carbonyl (C=O) groups excluding carboxylic acids is 1. The molecule has 148 valence electrons. The highest BCUT2D eigenvalue weighted by Gasteiger charge is 2.45. The van der Waals surface area contributed by atoms with Gasteiger partial charge in [-0.3, -0.25) is 9.78 Å². The second kappa shape index (κ2) is 7.30. The van der Waals surface area contributed by atoms with E-state index >= 15 is 0 Å². The predicted octanol–water partition coefficient (Wildman–Crippen LogP) is 3.98. The molecule has 2 aromatic heterocycles. The van der Waals surface area contributed by atoms with E-state index in [1.54, 1.807) is 12.4 Å². The minimum Gasteiger partial charge on any atom is -0.342 e. The molecule has 3 fully saturated rings. The Kier molecular flexibility index (Phi) is 4.65. The summed E-state index contributed by atoms with van der Waals surface area (Å²) in [6.45, 7) is 1.64. The van der Waals surface area contributed by atoms with Crippen LogP contribution in [0.25, 0.3) is 11.5 Å². The van der Waals surface area contributed by atoms with Gasteiger partial charge in [-0.1, -0.05) is 30.8 Å². The number of amides is 1. The summed E-state index contributed by atoms with van der Waals surface area (Å²) in [5.41, 5.74) is 0.853. The lowest BCUT2D eigenvalue weighted by Crippen LogP contribution is -2.47. The summed E-state index contributed by atoms with van der Waals surface area (Å²) in [5, 5.41) is 4.41. The number of pyridine rings is 1. The Morgan fingerprint density at radius 3 is 2.50 bits per heavy atom. The molecule has 1 aliphatic heterocycles. The van der Waals surface area contributed by atoms with E-state index in [-0.39, 0.29) is 11.3 Å². The van der Waals surface area contributed by atoms with Gasteiger partial charge in [-0.15, -0.1) is 0 Å². The molecule has 3 heterocycles. The Bertz CT molecular complexity index is 816. The average Bonchev–Trinajstić information content (AvgIpc) is 3.21. The zero-order valence-electron chi connectivity index (χ0n) is 16.3. The fourth-order valence-electron chi connectivity index (χ4n) is 5.03. The van der Waals surface area contributed by atoms with Crippen molar-refractivity contribution < 1.29 is 9.32 Å². The van der Waals surface area contributed by atoms with Crippen molar-refractivity contribution in [3.63, 3.8) is 0 Å². The molecule has 0 N–H and O–H groups in total. The SMILES string of the molecule is O=C(C1CCCC1)N1CCC(CC2CC2)(c2noc(-c3ccncc3)n2)CC1. The van der Waals surface area contributed by atoms with Crippen molar-refractivity contribution in [3.05, 3.63) is 30.4 Å². The second-order valence-electron chi connectivity index (χ2n) is 8.89. The van der Waals surface area contributed by atoms with Crippen LogP contribution in [-0.4, -0.2) is 39.0 Å². The number of piperidine rings is 1. The summed E-state index contributed by atoms with van der Waals surface area (Å²) in [5.74, 6) is 2.82. The van der Waals surface area contributed by atoms with Gasteiger partial charge >= 0.3 is 0 Å². The molecule has 1 saturated heterocycles. The number of aromatic nitrogens is 3. The monoisotopic (exact) mass is 380 g/mol. The largest absolute Gasteiger partial charge is 0.342 e. The van der Waals surface area contributed by atoms with Gasteiger partial charge in [0.15, 0.2) is 5.82 Å². The van der Waals surface area contributed by atoms with Crippen LogP contribution in [-0.2, 0) is 10.2 Å². The maximum Gasteiger partial charge on any atom is 0.258 e. The zero-order valence-corrected chi connectivity index (χ0v) is 16.3. The fraction of sp³-hybridized carbons (Fsp3) is 0.636. The molecule has 2 aliphatic carbocycles. The van der Waals surface area contributed by atoms with Gasteiger partial charge in [0.2, 0.25) is 5.91 Å². The van der Waals surface area contributed by atoms with E-state index in [0.717, 1.165) is 62.5 Å². The Morgan fingerprint density at radius 2 is 1.82 bits per heavy atom. The van der Waals surface area contributed by atoms with Crippen LogP contribution < -0.4 is 0 Å². The van der Waals surface area contributed by atoms with E-state index in [1.165, 1.54) is 25.7 Å². The number of nitrogens with zero attached hydrogens (tertiary/aromatic N) is 4. The van der Waals surface area contributed by atoms with Crippen LogP contribution in [0.1, 0.15) is 63.6 Å². The highest BCUT2D eigenvalue weighted by Crippen LogP contribution is 2.47. The second-order valence-corrected chi connectivity index (χ2v) is 8.89. The fourth-order valence-corrected chi connectivity index (χ4v) is 5.03. The molecule has 2 aromatic rings. The van der Waals surface area contributed by atoms with E-state index in [1.807, 2.05) is 12.1 Å². The summed E-state index contributed by atoms with van der Waals surface area (Å²) >= 11 is 0. The normalized spacial score (nSPS) is 22.5. The molecular weight excluding hydrogens is 352 g/mol. The summed E-state index contributed by atoms with van der Waals surface area (Å²) < 4.78 is 5.62. The van der Waals surface area contributed by atoms with Crippen LogP contribution in [0.15, 0.2) is 29.0 Å². The van der Waals surface area contributed by atoms with Crippen LogP contribution in [0.3, 0.4) is 0 Å². The topological polar surface area (TPSA) is 72.1 Å². The molecule has 3 aliphatic rings. The summed E-state index contributed by atoms with van der Waals surface area (Å²) in [4.78, 5) is 23.8. The molecular formula is C22H28N4O2. The molecule has 5 rings (SSSR count). The summed E-state index contributed by atoms with van der Waals surface area (Å²) in [6.07, 6.45) is 13.7. The number of carbonyl (C=O) groups is 1. The van der Waals surface area contributed by atoms with Crippen molar-refractivity contribution in [2.45, 2.75) is 63.2 Å². The van der Waals surface area contributed by atoms with Gasteiger partial charge in [0.1, 0.15) is 0 Å². The number of rotatable bonds is 5. The first-order valence-corrected chi connectivity index (χ1v) is 10.8. The highest BCUT2D eigenvalue weighted by atomic mass is 16.5. The lowest BCUT2D eigenvalue weighted by Gasteiger charge is -2.40. The molecule has 1 amide bonds. The molecule has 6 heteroatoms. The Balaban J connectivity index is 1.34. The molecule has 0 unspecified atom stereocenters. The molecule has 0 spiro atoms. The van der Waals surface area contributed by atoms with Crippen molar-refractivity contribution in [1.29, 1.82) is 0 Å². The minimum absolute atomic E-state index is 0.0532. The molecule has 2 saturated carbocycles. The minimum atomic E-state index is -0.0532. The molecule has 28 heavy (non-hydrogen) atoms. The maximum absolute atomic E-state index is 12.8. The average molecular weight is 380 g/mol. The standard InChI is InChI=1S/C22H28N4O2/c27-20(18-3-1-2-4-18)26-13-9-22(10-14-26,15-16-5-6-16)21-24-19(28-25-21)17-7-11-23-12-8-17/h7-8,11-12,16,18H,1-6,9-10,13-15H2. The molecule has 0 atom stereocenters. The quantitative estimate of drug-likeness (QED) is 0.784. The van der Waals surface area contributed by atoms with E-state index in [9.17, 15) is 4.79 Å². The van der Waals surface area contributed by atoms with Crippen LogP contribution in [0.2, 0.25) is 0 Å². The number of hydrogen-bond donors (Lipinski definition) is 0. The third-order valence-corrected chi connectivity index (χ3v) is 6.94. The van der Waals surface area contributed by atoms with Gasteiger partial charge in [0, 0.05) is 42.4 Å². The van der Waals surface area contributed by atoms with Crippen LogP contribution in [0.4, 0.5) is 0 Å². The molecule has 0 radical (unpaired) electrons. The van der Waals surface area contributed by atoms with Crippen molar-refractivity contribution in [3.8, 4) is 11.5 Å². The van der Waals surface area contributed by atoms with Crippen molar-refractivity contribution in [1.82, 2.24) is 20.0 Å². The highest BCUT2D eigenvalue weighted by molar-refractivity contribution is 5.79. The van der Waals surface area contributed by atoms with E-state index in [2.05, 4.69) is 15.0 Å². The van der Waals surface area contributed by atoms with Gasteiger partial charge < -0.3 is 9.42 Å². The molecule has 0 bridgehead atoms. The van der Waals surface area contributed by atoms with Crippen molar-refractivity contribution >= 4 is 5.91 Å². The van der Waals surface area contributed by atoms with E-state index < -0.39 is 0 Å². The van der Waals surface area contributed by atoms with Crippen LogP contribution in [0.5, 0.6) is 0 Å². The lowest BCUT2D eigenvalue weighted by molar-refractivity contribution is -0.137. The lowest BCUT2D eigenvalue weighted by atomic mass is 9.73. The molecule has 6 nitrogen and oxygen atoms in total. The van der Waals surface area contributed by atoms with Gasteiger partial charge in [0.25, 0.3) is 5.89 Å².